The first-order chi connectivity index (χ1) is 10.2. The molecule has 21 heavy (non-hydrogen) atoms. The molecule has 3 nitrogen and oxygen atoms in total. The molecule has 2 aromatic carbocycles. The number of ether oxygens (including phenoxy) is 1. The van der Waals surface area contributed by atoms with Crippen LogP contribution < -0.4 is 15.0 Å². The van der Waals surface area contributed by atoms with Gasteiger partial charge in [0.2, 0.25) is 0 Å². The molecule has 0 spiro atoms. The minimum absolute atomic E-state index is 0.181. The van der Waals surface area contributed by atoms with Crippen molar-refractivity contribution in [3.8, 4) is 5.75 Å². The van der Waals surface area contributed by atoms with Crippen LogP contribution >= 0.6 is 0 Å². The van der Waals surface area contributed by atoms with Gasteiger partial charge in [-0.25, -0.2) is 0 Å². The third-order valence-corrected chi connectivity index (χ3v) is 3.53. The molecule has 1 N–H and O–H groups in total. The lowest BCUT2D eigenvalue weighted by atomic mass is 9.98. The van der Waals surface area contributed by atoms with Gasteiger partial charge in [-0.1, -0.05) is 24.3 Å². The van der Waals surface area contributed by atoms with Gasteiger partial charge >= 0.3 is 0 Å². The molecule has 112 valence electrons. The molecule has 3 heteroatoms. The fourth-order valence-corrected chi connectivity index (χ4v) is 2.43. The summed E-state index contributed by atoms with van der Waals surface area (Å²) in [7, 11) is 6.11. The quantitative estimate of drug-likeness (QED) is 0.879. The normalized spacial score (nSPS) is 12.0. The van der Waals surface area contributed by atoms with Crippen molar-refractivity contribution in [3.05, 3.63) is 59.7 Å². The van der Waals surface area contributed by atoms with Crippen molar-refractivity contribution in [2.75, 3.05) is 32.6 Å². The van der Waals surface area contributed by atoms with Gasteiger partial charge in [-0.15, -0.1) is 0 Å². The van der Waals surface area contributed by atoms with Gasteiger partial charge in [-0.05, 0) is 49.4 Å². The Morgan fingerprint density at radius 2 is 1.76 bits per heavy atom. The van der Waals surface area contributed by atoms with Crippen LogP contribution in [0.5, 0.6) is 5.75 Å². The molecule has 0 fully saturated rings. The van der Waals surface area contributed by atoms with Crippen LogP contribution in [0.2, 0.25) is 0 Å². The molecule has 1 unspecified atom stereocenters. The molecule has 0 saturated heterocycles. The molecule has 2 rings (SSSR count). The standard InChI is InChI=1S/C18H24N2O/c1-5-21-17-11-9-14(10-12-17)18(19-2)15-7-6-8-16(13-15)20(3)4/h6-13,18-19H,5H2,1-4H3. The van der Waals surface area contributed by atoms with Crippen molar-refractivity contribution >= 4 is 5.69 Å². The van der Waals surface area contributed by atoms with Crippen molar-refractivity contribution in [1.82, 2.24) is 5.32 Å². The molecule has 2 aromatic rings. The second-order valence-electron chi connectivity index (χ2n) is 5.21. The van der Waals surface area contributed by atoms with Gasteiger partial charge in [-0.3, -0.25) is 0 Å². The average Bonchev–Trinajstić information content (AvgIpc) is 2.50. The van der Waals surface area contributed by atoms with Crippen molar-refractivity contribution in [2.24, 2.45) is 0 Å². The highest BCUT2D eigenvalue weighted by Gasteiger charge is 2.12. The SMILES string of the molecule is CCOc1ccc(C(NC)c2cccc(N(C)C)c2)cc1. The number of anilines is 1. The van der Waals surface area contributed by atoms with Gasteiger partial charge in [-0.2, -0.15) is 0 Å². The average molecular weight is 284 g/mol. The maximum absolute atomic E-state index is 5.50. The van der Waals surface area contributed by atoms with Crippen LogP contribution in [0, 0.1) is 0 Å². The lowest BCUT2D eigenvalue weighted by molar-refractivity contribution is 0.340. The van der Waals surface area contributed by atoms with Crippen LogP contribution in [-0.4, -0.2) is 27.7 Å². The highest BCUT2D eigenvalue weighted by Crippen LogP contribution is 2.26. The van der Waals surface area contributed by atoms with E-state index < -0.39 is 0 Å². The fourth-order valence-electron chi connectivity index (χ4n) is 2.43. The van der Waals surface area contributed by atoms with Gasteiger partial charge in [0.05, 0.1) is 12.6 Å². The van der Waals surface area contributed by atoms with Crippen LogP contribution in [0.25, 0.3) is 0 Å². The summed E-state index contributed by atoms with van der Waals surface area (Å²) in [5, 5.41) is 3.39. The molecular weight excluding hydrogens is 260 g/mol. The molecule has 1 atom stereocenters. The zero-order valence-corrected chi connectivity index (χ0v) is 13.3. The van der Waals surface area contributed by atoms with Crippen LogP contribution in [0.1, 0.15) is 24.1 Å². The second kappa shape index (κ2) is 7.14. The molecule has 0 aliphatic carbocycles. The Morgan fingerprint density at radius 3 is 2.33 bits per heavy atom. The van der Waals surface area contributed by atoms with Gasteiger partial charge in [0.25, 0.3) is 0 Å². The minimum atomic E-state index is 0.181. The van der Waals surface area contributed by atoms with Crippen LogP contribution in [0.15, 0.2) is 48.5 Å². The van der Waals surface area contributed by atoms with E-state index in [-0.39, 0.29) is 6.04 Å². The summed E-state index contributed by atoms with van der Waals surface area (Å²) in [4.78, 5) is 2.12. The summed E-state index contributed by atoms with van der Waals surface area (Å²) in [6.07, 6.45) is 0. The maximum Gasteiger partial charge on any atom is 0.119 e. The smallest absolute Gasteiger partial charge is 0.119 e. The number of benzene rings is 2. The Bertz CT molecular complexity index is 564. The molecule has 0 aromatic heterocycles. The topological polar surface area (TPSA) is 24.5 Å². The van der Waals surface area contributed by atoms with Gasteiger partial charge in [0.1, 0.15) is 5.75 Å². The molecule has 0 amide bonds. The summed E-state index contributed by atoms with van der Waals surface area (Å²) in [6, 6.07) is 17.1. The van der Waals surface area contributed by atoms with E-state index in [0.717, 1.165) is 5.75 Å². The Kier molecular flexibility index (Phi) is 5.23. The van der Waals surface area contributed by atoms with Crippen molar-refractivity contribution in [2.45, 2.75) is 13.0 Å². The first-order valence-electron chi connectivity index (χ1n) is 7.33. The van der Waals surface area contributed by atoms with Crippen molar-refractivity contribution in [1.29, 1.82) is 0 Å². The summed E-state index contributed by atoms with van der Waals surface area (Å²) >= 11 is 0. The van der Waals surface area contributed by atoms with E-state index in [1.807, 2.05) is 26.1 Å². The predicted molar refractivity (Wildman–Crippen MR) is 89.3 cm³/mol. The third-order valence-electron chi connectivity index (χ3n) is 3.53. The molecule has 0 saturated carbocycles. The van der Waals surface area contributed by atoms with E-state index in [1.165, 1.54) is 16.8 Å². The molecule has 0 bridgehead atoms. The monoisotopic (exact) mass is 284 g/mol. The van der Waals surface area contributed by atoms with Gasteiger partial charge in [0.15, 0.2) is 0 Å². The fraction of sp³-hybridized carbons (Fsp3) is 0.333. The van der Waals surface area contributed by atoms with E-state index in [2.05, 4.69) is 60.7 Å². The number of rotatable bonds is 6. The zero-order chi connectivity index (χ0) is 15.2. The summed E-state index contributed by atoms with van der Waals surface area (Å²) in [5.74, 6) is 0.915. The lowest BCUT2D eigenvalue weighted by Crippen LogP contribution is -2.18. The summed E-state index contributed by atoms with van der Waals surface area (Å²) in [6.45, 7) is 2.69. The van der Waals surface area contributed by atoms with Crippen LogP contribution in [0.3, 0.4) is 0 Å². The van der Waals surface area contributed by atoms with Crippen LogP contribution in [0.4, 0.5) is 5.69 Å². The highest BCUT2D eigenvalue weighted by atomic mass is 16.5. The Balaban J connectivity index is 2.28. The molecule has 0 aliphatic rings. The summed E-state index contributed by atoms with van der Waals surface area (Å²) in [5.41, 5.74) is 3.70. The Hall–Kier alpha value is -2.00. The maximum atomic E-state index is 5.50. The Morgan fingerprint density at radius 1 is 1.05 bits per heavy atom. The number of nitrogens with one attached hydrogen (secondary N) is 1. The first-order valence-corrected chi connectivity index (χ1v) is 7.33. The molecule has 0 aliphatic heterocycles. The van der Waals surface area contributed by atoms with Gasteiger partial charge < -0.3 is 15.0 Å². The predicted octanol–water partition coefficient (Wildman–Crippen LogP) is 3.46. The van der Waals surface area contributed by atoms with Crippen molar-refractivity contribution < 1.29 is 4.74 Å². The number of hydrogen-bond donors (Lipinski definition) is 1. The zero-order valence-electron chi connectivity index (χ0n) is 13.3. The van der Waals surface area contributed by atoms with E-state index >= 15 is 0 Å². The van der Waals surface area contributed by atoms with Crippen LogP contribution in [-0.2, 0) is 0 Å². The van der Waals surface area contributed by atoms with E-state index in [0.29, 0.717) is 6.61 Å². The first kappa shape index (κ1) is 15.4. The van der Waals surface area contributed by atoms with Gasteiger partial charge in [0, 0.05) is 19.8 Å². The van der Waals surface area contributed by atoms with E-state index in [9.17, 15) is 0 Å². The lowest BCUT2D eigenvalue weighted by Gasteiger charge is -2.20. The molecule has 0 heterocycles. The second-order valence-corrected chi connectivity index (χ2v) is 5.21. The molecule has 0 radical (unpaired) electrons. The van der Waals surface area contributed by atoms with E-state index in [1.54, 1.807) is 0 Å². The highest BCUT2D eigenvalue weighted by molar-refractivity contribution is 5.49. The number of hydrogen-bond acceptors (Lipinski definition) is 3. The minimum Gasteiger partial charge on any atom is -0.494 e. The Labute approximate surface area is 127 Å². The summed E-state index contributed by atoms with van der Waals surface area (Å²) < 4.78 is 5.50. The van der Waals surface area contributed by atoms with E-state index in [4.69, 9.17) is 4.74 Å². The van der Waals surface area contributed by atoms with Crippen molar-refractivity contribution in [3.63, 3.8) is 0 Å². The number of nitrogens with zero attached hydrogens (tertiary/aromatic N) is 1. The molecular formula is C18H24N2O. The largest absolute Gasteiger partial charge is 0.494 e. The third kappa shape index (κ3) is 3.76.